The molecule has 1 amide bonds. The number of anilines is 1. The summed E-state index contributed by atoms with van der Waals surface area (Å²) in [5, 5.41) is 0. The van der Waals surface area contributed by atoms with Crippen LogP contribution in [0.2, 0.25) is 0 Å². The van der Waals surface area contributed by atoms with Crippen molar-refractivity contribution in [1.29, 1.82) is 0 Å². The predicted molar refractivity (Wildman–Crippen MR) is 77.1 cm³/mol. The van der Waals surface area contributed by atoms with E-state index in [-0.39, 0.29) is 5.91 Å². The Bertz CT molecular complexity index is 418. The lowest BCUT2D eigenvalue weighted by molar-refractivity contribution is -0.116. The molecule has 106 valence electrons. The van der Waals surface area contributed by atoms with Crippen LogP contribution < -0.4 is 14.4 Å². The first-order chi connectivity index (χ1) is 9.13. The maximum atomic E-state index is 11.6. The Morgan fingerprint density at radius 2 is 2.05 bits per heavy atom. The van der Waals surface area contributed by atoms with Crippen LogP contribution in [0.3, 0.4) is 0 Å². The number of ether oxygens (including phenoxy) is 2. The lowest BCUT2D eigenvalue weighted by atomic mass is 10.2. The molecule has 0 aliphatic carbocycles. The molecule has 0 N–H and O–H groups in total. The first-order valence-corrected chi connectivity index (χ1v) is 6.72. The topological polar surface area (TPSA) is 38.8 Å². The highest BCUT2D eigenvalue weighted by Gasteiger charge is 2.15. The summed E-state index contributed by atoms with van der Waals surface area (Å²) >= 11 is 0. The number of carbonyl (C=O) groups is 1. The molecular weight excluding hydrogens is 242 g/mol. The SMILES string of the molecule is CCCCOc1ccc(OC)c(N(CC)C(C)=O)c1. The molecule has 0 aromatic heterocycles. The Labute approximate surface area is 115 Å². The van der Waals surface area contributed by atoms with Crippen LogP contribution in [0, 0.1) is 0 Å². The second-order valence-corrected chi connectivity index (χ2v) is 4.30. The van der Waals surface area contributed by atoms with Crippen LogP contribution in [0.4, 0.5) is 5.69 Å². The Hall–Kier alpha value is -1.71. The van der Waals surface area contributed by atoms with Gasteiger partial charge in [0.15, 0.2) is 0 Å². The molecule has 0 unspecified atom stereocenters. The van der Waals surface area contributed by atoms with Crippen molar-refractivity contribution in [1.82, 2.24) is 0 Å². The van der Waals surface area contributed by atoms with Gasteiger partial charge in [-0.3, -0.25) is 4.79 Å². The average molecular weight is 265 g/mol. The van der Waals surface area contributed by atoms with Gasteiger partial charge < -0.3 is 14.4 Å². The van der Waals surface area contributed by atoms with Gasteiger partial charge in [-0.1, -0.05) is 13.3 Å². The minimum atomic E-state index is -0.00786. The molecule has 4 heteroatoms. The summed E-state index contributed by atoms with van der Waals surface area (Å²) in [6.07, 6.45) is 2.11. The molecule has 19 heavy (non-hydrogen) atoms. The monoisotopic (exact) mass is 265 g/mol. The number of methoxy groups -OCH3 is 1. The van der Waals surface area contributed by atoms with E-state index in [9.17, 15) is 4.79 Å². The summed E-state index contributed by atoms with van der Waals surface area (Å²) in [7, 11) is 1.60. The molecule has 0 fully saturated rings. The number of nitrogens with zero attached hydrogens (tertiary/aromatic N) is 1. The van der Waals surface area contributed by atoms with Crippen molar-refractivity contribution in [3.63, 3.8) is 0 Å². The fourth-order valence-electron chi connectivity index (χ4n) is 1.87. The summed E-state index contributed by atoms with van der Waals surface area (Å²) in [4.78, 5) is 13.3. The molecule has 0 bridgehead atoms. The van der Waals surface area contributed by atoms with Crippen molar-refractivity contribution < 1.29 is 14.3 Å². The van der Waals surface area contributed by atoms with Crippen molar-refractivity contribution in [3.05, 3.63) is 18.2 Å². The van der Waals surface area contributed by atoms with Crippen LogP contribution in [-0.4, -0.2) is 26.2 Å². The van der Waals surface area contributed by atoms with Crippen LogP contribution in [0.15, 0.2) is 18.2 Å². The molecule has 1 rings (SSSR count). The number of hydrogen-bond acceptors (Lipinski definition) is 3. The van der Waals surface area contributed by atoms with Crippen molar-refractivity contribution >= 4 is 11.6 Å². The number of unbranched alkanes of at least 4 members (excludes halogenated alkanes) is 1. The van der Waals surface area contributed by atoms with Gasteiger partial charge in [-0.05, 0) is 25.5 Å². The molecule has 1 aromatic carbocycles. The highest BCUT2D eigenvalue weighted by Crippen LogP contribution is 2.32. The Kier molecular flexibility index (Phi) is 6.19. The molecule has 1 aromatic rings. The number of carbonyl (C=O) groups excluding carboxylic acids is 1. The third kappa shape index (κ3) is 4.16. The van der Waals surface area contributed by atoms with Gasteiger partial charge in [0, 0.05) is 19.5 Å². The van der Waals surface area contributed by atoms with Gasteiger partial charge in [-0.15, -0.1) is 0 Å². The molecular formula is C15H23NO3. The molecule has 0 aliphatic heterocycles. The number of amides is 1. The average Bonchev–Trinajstić information content (AvgIpc) is 2.40. The van der Waals surface area contributed by atoms with Gasteiger partial charge in [-0.25, -0.2) is 0 Å². The molecule has 0 atom stereocenters. The normalized spacial score (nSPS) is 10.1. The quantitative estimate of drug-likeness (QED) is 0.710. The molecule has 0 saturated carbocycles. The van der Waals surface area contributed by atoms with E-state index in [1.165, 1.54) is 0 Å². The zero-order chi connectivity index (χ0) is 14.3. The highest BCUT2D eigenvalue weighted by atomic mass is 16.5. The fraction of sp³-hybridized carbons (Fsp3) is 0.533. The van der Waals surface area contributed by atoms with Crippen LogP contribution >= 0.6 is 0 Å². The van der Waals surface area contributed by atoms with E-state index >= 15 is 0 Å². The van der Waals surface area contributed by atoms with E-state index in [4.69, 9.17) is 9.47 Å². The Morgan fingerprint density at radius 1 is 1.32 bits per heavy atom. The first kappa shape index (κ1) is 15.3. The molecule has 0 heterocycles. The Balaban J connectivity index is 2.98. The van der Waals surface area contributed by atoms with Crippen LogP contribution in [0.1, 0.15) is 33.6 Å². The fourth-order valence-corrected chi connectivity index (χ4v) is 1.87. The zero-order valence-electron chi connectivity index (χ0n) is 12.2. The molecule has 0 aliphatic rings. The minimum Gasteiger partial charge on any atom is -0.495 e. The lowest BCUT2D eigenvalue weighted by Crippen LogP contribution is -2.28. The third-order valence-electron chi connectivity index (χ3n) is 2.90. The van der Waals surface area contributed by atoms with Crippen LogP contribution in [-0.2, 0) is 4.79 Å². The van der Waals surface area contributed by atoms with Gasteiger partial charge >= 0.3 is 0 Å². The first-order valence-electron chi connectivity index (χ1n) is 6.72. The number of hydrogen-bond donors (Lipinski definition) is 0. The second-order valence-electron chi connectivity index (χ2n) is 4.30. The van der Waals surface area contributed by atoms with Gasteiger partial charge in [0.2, 0.25) is 5.91 Å². The summed E-state index contributed by atoms with van der Waals surface area (Å²) < 4.78 is 11.0. The van der Waals surface area contributed by atoms with Crippen molar-refractivity contribution in [2.45, 2.75) is 33.6 Å². The highest BCUT2D eigenvalue weighted by molar-refractivity contribution is 5.93. The van der Waals surface area contributed by atoms with Gasteiger partial charge in [-0.2, -0.15) is 0 Å². The molecule has 0 radical (unpaired) electrons. The summed E-state index contributed by atoms with van der Waals surface area (Å²) in [5.74, 6) is 1.44. The number of benzene rings is 1. The Morgan fingerprint density at radius 3 is 2.58 bits per heavy atom. The van der Waals surface area contributed by atoms with E-state index in [2.05, 4.69) is 6.92 Å². The predicted octanol–water partition coefficient (Wildman–Crippen LogP) is 3.25. The van der Waals surface area contributed by atoms with E-state index in [1.54, 1.807) is 18.9 Å². The lowest BCUT2D eigenvalue weighted by Gasteiger charge is -2.22. The minimum absolute atomic E-state index is 0.00786. The third-order valence-corrected chi connectivity index (χ3v) is 2.90. The number of rotatable bonds is 7. The van der Waals surface area contributed by atoms with Crippen molar-refractivity contribution in [2.75, 3.05) is 25.2 Å². The van der Waals surface area contributed by atoms with E-state index in [0.29, 0.717) is 18.9 Å². The van der Waals surface area contributed by atoms with Crippen molar-refractivity contribution in [3.8, 4) is 11.5 Å². The van der Waals surface area contributed by atoms with E-state index in [1.807, 2.05) is 25.1 Å². The maximum absolute atomic E-state index is 11.6. The molecule has 0 saturated heterocycles. The summed E-state index contributed by atoms with van der Waals surface area (Å²) in [6, 6.07) is 5.56. The van der Waals surface area contributed by atoms with E-state index < -0.39 is 0 Å². The molecule has 0 spiro atoms. The van der Waals surface area contributed by atoms with Crippen LogP contribution in [0.25, 0.3) is 0 Å². The van der Waals surface area contributed by atoms with Crippen LogP contribution in [0.5, 0.6) is 11.5 Å². The van der Waals surface area contributed by atoms with E-state index in [0.717, 1.165) is 24.3 Å². The van der Waals surface area contributed by atoms with Crippen molar-refractivity contribution in [2.24, 2.45) is 0 Å². The second kappa shape index (κ2) is 7.67. The zero-order valence-corrected chi connectivity index (χ0v) is 12.2. The smallest absolute Gasteiger partial charge is 0.223 e. The summed E-state index contributed by atoms with van der Waals surface area (Å²) in [5.41, 5.74) is 0.756. The standard InChI is InChI=1S/C15H23NO3/c1-5-7-10-19-13-8-9-15(18-4)14(11-13)16(6-2)12(3)17/h8-9,11H,5-7,10H2,1-4H3. The summed E-state index contributed by atoms with van der Waals surface area (Å²) in [6.45, 7) is 6.90. The van der Waals surface area contributed by atoms with Gasteiger partial charge in [0.05, 0.1) is 19.4 Å². The molecule has 4 nitrogen and oxygen atoms in total. The maximum Gasteiger partial charge on any atom is 0.223 e. The van der Waals surface area contributed by atoms with Gasteiger partial charge in [0.25, 0.3) is 0 Å². The van der Waals surface area contributed by atoms with Gasteiger partial charge in [0.1, 0.15) is 11.5 Å². The largest absolute Gasteiger partial charge is 0.495 e.